The van der Waals surface area contributed by atoms with Crippen molar-refractivity contribution in [3.8, 4) is 0 Å². The van der Waals surface area contributed by atoms with Gasteiger partial charge in [-0.15, -0.1) is 11.3 Å². The highest BCUT2D eigenvalue weighted by molar-refractivity contribution is 7.91. The van der Waals surface area contributed by atoms with Crippen molar-refractivity contribution in [2.75, 3.05) is 6.54 Å². The van der Waals surface area contributed by atoms with Gasteiger partial charge in [0.2, 0.25) is 0 Å². The summed E-state index contributed by atoms with van der Waals surface area (Å²) in [6.07, 6.45) is 2.76. The molecule has 3 N–H and O–H groups in total. The van der Waals surface area contributed by atoms with Crippen LogP contribution in [-0.4, -0.2) is 26.0 Å². The molecule has 0 bridgehead atoms. The molecule has 18 heavy (non-hydrogen) atoms. The molecule has 104 valence electrons. The van der Waals surface area contributed by atoms with Crippen LogP contribution in [0.2, 0.25) is 0 Å². The van der Waals surface area contributed by atoms with Crippen LogP contribution in [0.5, 0.6) is 0 Å². The highest BCUT2D eigenvalue weighted by Crippen LogP contribution is 2.23. The molecule has 1 aromatic heterocycles. The van der Waals surface area contributed by atoms with Gasteiger partial charge in [0, 0.05) is 12.6 Å². The lowest BCUT2D eigenvalue weighted by Gasteiger charge is -2.15. The predicted molar refractivity (Wildman–Crippen MR) is 74.3 cm³/mol. The summed E-state index contributed by atoms with van der Waals surface area (Å²) in [6, 6.07) is -0.197. The van der Waals surface area contributed by atoms with E-state index in [0.717, 1.165) is 24.3 Å². The van der Waals surface area contributed by atoms with Crippen molar-refractivity contribution in [1.82, 2.24) is 9.71 Å². The average molecular weight is 291 g/mol. The largest absolute Gasteiger partial charge is 0.329 e. The summed E-state index contributed by atoms with van der Waals surface area (Å²) in [6.45, 7) is 5.89. The van der Waals surface area contributed by atoms with Gasteiger partial charge < -0.3 is 5.73 Å². The van der Waals surface area contributed by atoms with Gasteiger partial charge in [0.15, 0.2) is 4.21 Å². The van der Waals surface area contributed by atoms with E-state index in [9.17, 15) is 8.42 Å². The Hall–Kier alpha value is -0.500. The molecule has 0 aliphatic carbocycles. The fraction of sp³-hybridized carbons (Fsp3) is 0.727. The molecular formula is C11H21N3O2S2. The van der Waals surface area contributed by atoms with Crippen LogP contribution in [0, 0.1) is 13.8 Å². The fourth-order valence-corrected chi connectivity index (χ4v) is 4.49. The van der Waals surface area contributed by atoms with Gasteiger partial charge in [-0.1, -0.05) is 19.8 Å². The lowest BCUT2D eigenvalue weighted by atomic mass is 10.1. The zero-order valence-corrected chi connectivity index (χ0v) is 12.7. The normalized spacial score (nSPS) is 13.8. The maximum Gasteiger partial charge on any atom is 0.252 e. The summed E-state index contributed by atoms with van der Waals surface area (Å²) >= 11 is 1.20. The van der Waals surface area contributed by atoms with Crippen LogP contribution in [0.4, 0.5) is 0 Å². The third kappa shape index (κ3) is 4.01. The minimum absolute atomic E-state index is 0.197. The van der Waals surface area contributed by atoms with Gasteiger partial charge in [0.25, 0.3) is 10.0 Å². The van der Waals surface area contributed by atoms with Crippen LogP contribution in [-0.2, 0) is 10.0 Å². The molecule has 1 heterocycles. The van der Waals surface area contributed by atoms with Crippen molar-refractivity contribution in [3.05, 3.63) is 10.7 Å². The Bertz CT molecular complexity index is 482. The zero-order valence-electron chi connectivity index (χ0n) is 11.1. The van der Waals surface area contributed by atoms with E-state index in [-0.39, 0.29) is 6.04 Å². The average Bonchev–Trinajstić information content (AvgIpc) is 2.64. The lowest BCUT2D eigenvalue weighted by Crippen LogP contribution is -2.40. The Morgan fingerprint density at radius 1 is 1.44 bits per heavy atom. The summed E-state index contributed by atoms with van der Waals surface area (Å²) in [7, 11) is -3.49. The van der Waals surface area contributed by atoms with Crippen molar-refractivity contribution < 1.29 is 8.42 Å². The molecule has 0 aromatic carbocycles. The van der Waals surface area contributed by atoms with E-state index >= 15 is 0 Å². The molecule has 0 saturated carbocycles. The number of nitrogens with one attached hydrogen (secondary N) is 1. The molecule has 0 saturated heterocycles. The SMILES string of the molecule is CCCCC(CN)NS(=O)(=O)c1sc(C)nc1C. The van der Waals surface area contributed by atoms with E-state index in [1.54, 1.807) is 13.8 Å². The summed E-state index contributed by atoms with van der Waals surface area (Å²) in [5.74, 6) is 0. The first kappa shape index (κ1) is 15.6. The first-order valence-corrected chi connectivity index (χ1v) is 8.37. The van der Waals surface area contributed by atoms with Crippen molar-refractivity contribution in [2.24, 2.45) is 5.73 Å². The van der Waals surface area contributed by atoms with Crippen molar-refractivity contribution >= 4 is 21.4 Å². The fourth-order valence-electron chi connectivity index (χ4n) is 1.71. The number of nitrogens with zero attached hydrogens (tertiary/aromatic N) is 1. The third-order valence-electron chi connectivity index (χ3n) is 2.62. The van der Waals surface area contributed by atoms with Crippen LogP contribution in [0.25, 0.3) is 0 Å². The van der Waals surface area contributed by atoms with Gasteiger partial charge in [-0.05, 0) is 20.3 Å². The molecule has 0 radical (unpaired) electrons. The second kappa shape index (κ2) is 6.60. The Kier molecular flexibility index (Phi) is 5.71. The topological polar surface area (TPSA) is 85.1 Å². The number of sulfonamides is 1. The van der Waals surface area contributed by atoms with Gasteiger partial charge in [-0.25, -0.2) is 18.1 Å². The molecule has 1 unspecified atom stereocenters. The zero-order chi connectivity index (χ0) is 13.8. The van der Waals surface area contributed by atoms with Crippen molar-refractivity contribution in [2.45, 2.75) is 50.3 Å². The minimum atomic E-state index is -3.49. The van der Waals surface area contributed by atoms with Crippen molar-refractivity contribution in [3.63, 3.8) is 0 Å². The lowest BCUT2D eigenvalue weighted by molar-refractivity contribution is 0.517. The van der Waals surface area contributed by atoms with E-state index in [1.807, 2.05) is 0 Å². The first-order chi connectivity index (χ1) is 8.40. The van der Waals surface area contributed by atoms with Crippen LogP contribution in [0.3, 0.4) is 0 Å². The molecule has 7 heteroatoms. The molecule has 1 rings (SSSR count). The Morgan fingerprint density at radius 2 is 2.11 bits per heavy atom. The maximum absolute atomic E-state index is 12.2. The first-order valence-electron chi connectivity index (χ1n) is 6.07. The Labute approximate surface area is 113 Å². The monoisotopic (exact) mass is 291 g/mol. The Morgan fingerprint density at radius 3 is 2.56 bits per heavy atom. The number of hydrogen-bond acceptors (Lipinski definition) is 5. The summed E-state index contributed by atoms with van der Waals surface area (Å²) in [4.78, 5) is 4.14. The van der Waals surface area contributed by atoms with E-state index in [0.29, 0.717) is 16.4 Å². The van der Waals surface area contributed by atoms with Gasteiger partial charge in [-0.3, -0.25) is 0 Å². The van der Waals surface area contributed by atoms with Gasteiger partial charge in [0.1, 0.15) is 0 Å². The third-order valence-corrected chi connectivity index (χ3v) is 5.82. The number of rotatable bonds is 7. The van der Waals surface area contributed by atoms with Crippen LogP contribution in [0.15, 0.2) is 4.21 Å². The summed E-state index contributed by atoms with van der Waals surface area (Å²) in [5.41, 5.74) is 6.15. The van der Waals surface area contributed by atoms with Gasteiger partial charge >= 0.3 is 0 Å². The minimum Gasteiger partial charge on any atom is -0.329 e. The smallest absolute Gasteiger partial charge is 0.252 e. The van der Waals surface area contributed by atoms with E-state index in [1.165, 1.54) is 11.3 Å². The number of thiazole rings is 1. The summed E-state index contributed by atoms with van der Waals surface area (Å²) < 4.78 is 27.4. The Balaban J connectivity index is 2.83. The molecule has 0 amide bonds. The maximum atomic E-state index is 12.2. The molecule has 1 aromatic rings. The van der Waals surface area contributed by atoms with E-state index < -0.39 is 10.0 Å². The van der Waals surface area contributed by atoms with Crippen molar-refractivity contribution in [1.29, 1.82) is 0 Å². The second-order valence-electron chi connectivity index (χ2n) is 4.30. The van der Waals surface area contributed by atoms with Gasteiger partial charge in [-0.2, -0.15) is 0 Å². The predicted octanol–water partition coefficient (Wildman–Crippen LogP) is 1.56. The van der Waals surface area contributed by atoms with Gasteiger partial charge in [0.05, 0.1) is 10.7 Å². The van der Waals surface area contributed by atoms with Crippen LogP contribution < -0.4 is 10.5 Å². The number of nitrogens with two attached hydrogens (primary N) is 1. The highest BCUT2D eigenvalue weighted by Gasteiger charge is 2.23. The second-order valence-corrected chi connectivity index (χ2v) is 7.41. The number of aryl methyl sites for hydroxylation is 2. The highest BCUT2D eigenvalue weighted by atomic mass is 32.2. The van der Waals surface area contributed by atoms with Crippen LogP contribution >= 0.6 is 11.3 Å². The molecule has 0 aliphatic heterocycles. The molecule has 0 spiro atoms. The number of aromatic nitrogens is 1. The number of unbranched alkanes of at least 4 members (excludes halogenated alkanes) is 1. The quantitative estimate of drug-likeness (QED) is 0.798. The van der Waals surface area contributed by atoms with E-state index in [4.69, 9.17) is 5.73 Å². The molecule has 0 fully saturated rings. The van der Waals surface area contributed by atoms with E-state index in [2.05, 4.69) is 16.6 Å². The summed E-state index contributed by atoms with van der Waals surface area (Å²) in [5, 5.41) is 0.755. The molecular weight excluding hydrogens is 270 g/mol. The number of hydrogen-bond donors (Lipinski definition) is 2. The van der Waals surface area contributed by atoms with Crippen LogP contribution in [0.1, 0.15) is 36.9 Å². The molecule has 1 atom stereocenters. The molecule has 5 nitrogen and oxygen atoms in total. The standard InChI is InChI=1S/C11H21N3O2S2/c1-4-5-6-10(7-12)14-18(15,16)11-8(2)13-9(3)17-11/h10,14H,4-7,12H2,1-3H3. The molecule has 0 aliphatic rings.